The predicted octanol–water partition coefficient (Wildman–Crippen LogP) is 1.90. The molecule has 0 fully saturated rings. The fourth-order valence-electron chi connectivity index (χ4n) is 2.33. The maximum Gasteiger partial charge on any atom is 0.256 e. The van der Waals surface area contributed by atoms with Gasteiger partial charge >= 0.3 is 0 Å². The first kappa shape index (κ1) is 12.6. The largest absolute Gasteiger partial charge is 0.487 e. The van der Waals surface area contributed by atoms with E-state index in [2.05, 4.69) is 9.97 Å². The van der Waals surface area contributed by atoms with Crippen LogP contribution in [0.3, 0.4) is 0 Å². The monoisotopic (exact) mass is 269 g/mol. The molecule has 0 radical (unpaired) electrons. The Balaban J connectivity index is 1.64. The van der Waals surface area contributed by atoms with Crippen molar-refractivity contribution in [3.05, 3.63) is 54.1 Å². The number of rotatable bonds is 4. The summed E-state index contributed by atoms with van der Waals surface area (Å²) in [7, 11) is 0. The van der Waals surface area contributed by atoms with E-state index in [-0.39, 0.29) is 12.0 Å². The number of ether oxygens (including phenoxy) is 1. The summed E-state index contributed by atoms with van der Waals surface area (Å²) >= 11 is 0. The van der Waals surface area contributed by atoms with E-state index >= 15 is 0 Å². The lowest BCUT2D eigenvalue weighted by Crippen LogP contribution is -2.34. The molecule has 102 valence electrons. The lowest BCUT2D eigenvalue weighted by atomic mass is 10.2. The molecule has 0 N–H and O–H groups in total. The van der Waals surface area contributed by atoms with Crippen LogP contribution in [-0.2, 0) is 6.54 Å². The van der Waals surface area contributed by atoms with E-state index in [9.17, 15) is 4.79 Å². The van der Waals surface area contributed by atoms with E-state index in [4.69, 9.17) is 4.74 Å². The molecule has 2 aromatic heterocycles. The van der Waals surface area contributed by atoms with E-state index in [0.29, 0.717) is 24.4 Å². The number of hydrogen-bond donors (Lipinski definition) is 0. The molecule has 1 aliphatic rings. The van der Waals surface area contributed by atoms with Gasteiger partial charge in [-0.3, -0.25) is 14.8 Å². The summed E-state index contributed by atoms with van der Waals surface area (Å²) in [6, 6.07) is 7.28. The molecule has 5 heteroatoms. The molecule has 3 heterocycles. The van der Waals surface area contributed by atoms with Crippen LogP contribution < -0.4 is 4.74 Å². The number of fused-ring (bicyclic) bond motifs is 1. The molecule has 1 unspecified atom stereocenters. The standard InChI is InChI=1S/C15H15N3O2/c1-11(20-12-4-2-6-16-8-12)9-18-10-14-13(15(18)19)5-3-7-17-14/h2-8,11H,9-10H2,1H3. The zero-order chi connectivity index (χ0) is 13.9. The van der Waals surface area contributed by atoms with Gasteiger partial charge in [0.05, 0.1) is 30.5 Å². The van der Waals surface area contributed by atoms with Crippen LogP contribution in [-0.4, -0.2) is 33.4 Å². The van der Waals surface area contributed by atoms with Crippen molar-refractivity contribution >= 4 is 5.91 Å². The molecule has 20 heavy (non-hydrogen) atoms. The van der Waals surface area contributed by atoms with Crippen LogP contribution in [0.15, 0.2) is 42.9 Å². The minimum atomic E-state index is -0.0996. The van der Waals surface area contributed by atoms with Gasteiger partial charge in [-0.05, 0) is 31.2 Å². The summed E-state index contributed by atoms with van der Waals surface area (Å²) in [5.41, 5.74) is 1.53. The van der Waals surface area contributed by atoms with Crippen LogP contribution in [0, 0.1) is 0 Å². The fourth-order valence-corrected chi connectivity index (χ4v) is 2.33. The molecule has 1 atom stereocenters. The average Bonchev–Trinajstić information content (AvgIpc) is 2.77. The van der Waals surface area contributed by atoms with Crippen LogP contribution >= 0.6 is 0 Å². The first-order valence-electron chi connectivity index (χ1n) is 6.54. The van der Waals surface area contributed by atoms with Gasteiger partial charge in [0.15, 0.2) is 0 Å². The SMILES string of the molecule is CC(CN1Cc2ncccc2C1=O)Oc1cccnc1. The summed E-state index contributed by atoms with van der Waals surface area (Å²) in [4.78, 5) is 22.2. The van der Waals surface area contributed by atoms with Crippen LogP contribution in [0.2, 0.25) is 0 Å². The quantitative estimate of drug-likeness (QED) is 0.850. The summed E-state index contributed by atoms with van der Waals surface area (Å²) in [5.74, 6) is 0.733. The molecule has 5 nitrogen and oxygen atoms in total. The molecule has 0 saturated heterocycles. The average molecular weight is 269 g/mol. The maximum absolute atomic E-state index is 12.2. The van der Waals surface area contributed by atoms with E-state index < -0.39 is 0 Å². The van der Waals surface area contributed by atoms with E-state index in [1.54, 1.807) is 29.6 Å². The smallest absolute Gasteiger partial charge is 0.256 e. The highest BCUT2D eigenvalue weighted by Gasteiger charge is 2.29. The Morgan fingerprint density at radius 3 is 2.95 bits per heavy atom. The number of hydrogen-bond acceptors (Lipinski definition) is 4. The van der Waals surface area contributed by atoms with Crippen LogP contribution in [0.25, 0.3) is 0 Å². The number of aromatic nitrogens is 2. The van der Waals surface area contributed by atoms with Gasteiger partial charge in [-0.15, -0.1) is 0 Å². The van der Waals surface area contributed by atoms with Gasteiger partial charge in [-0.25, -0.2) is 0 Å². The number of carbonyl (C=O) groups excluding carboxylic acids is 1. The normalized spacial score (nSPS) is 15.1. The van der Waals surface area contributed by atoms with Crippen molar-refractivity contribution in [3.63, 3.8) is 0 Å². The topological polar surface area (TPSA) is 55.3 Å². The number of pyridine rings is 2. The van der Waals surface area contributed by atoms with Crippen molar-refractivity contribution in [2.45, 2.75) is 19.6 Å². The lowest BCUT2D eigenvalue weighted by molar-refractivity contribution is 0.0698. The molecule has 3 rings (SSSR count). The van der Waals surface area contributed by atoms with Crippen LogP contribution in [0.1, 0.15) is 23.0 Å². The second-order valence-electron chi connectivity index (χ2n) is 4.80. The molecule has 0 bridgehead atoms. The number of nitrogens with zero attached hydrogens (tertiary/aromatic N) is 3. The summed E-state index contributed by atoms with van der Waals surface area (Å²) in [6.45, 7) is 3.02. The third-order valence-corrected chi connectivity index (χ3v) is 3.20. The molecule has 0 saturated carbocycles. The fraction of sp³-hybridized carbons (Fsp3) is 0.267. The van der Waals surface area contributed by atoms with Crippen molar-refractivity contribution in [1.29, 1.82) is 0 Å². The van der Waals surface area contributed by atoms with Crippen molar-refractivity contribution in [3.8, 4) is 5.75 Å². The second-order valence-corrected chi connectivity index (χ2v) is 4.80. The van der Waals surface area contributed by atoms with Crippen molar-refractivity contribution < 1.29 is 9.53 Å². The highest BCUT2D eigenvalue weighted by Crippen LogP contribution is 2.21. The molecule has 0 aromatic carbocycles. The van der Waals surface area contributed by atoms with Gasteiger partial charge in [0, 0.05) is 12.4 Å². The molecule has 0 aliphatic carbocycles. The van der Waals surface area contributed by atoms with Crippen LogP contribution in [0.4, 0.5) is 0 Å². The van der Waals surface area contributed by atoms with Gasteiger partial charge in [-0.2, -0.15) is 0 Å². The van der Waals surface area contributed by atoms with Gasteiger partial charge in [0.1, 0.15) is 11.9 Å². The Morgan fingerprint density at radius 2 is 2.20 bits per heavy atom. The second kappa shape index (κ2) is 5.28. The highest BCUT2D eigenvalue weighted by atomic mass is 16.5. The van der Waals surface area contributed by atoms with Gasteiger partial charge in [0.2, 0.25) is 0 Å². The molecule has 1 aliphatic heterocycles. The molecule has 1 amide bonds. The molecular formula is C15H15N3O2. The number of amides is 1. The minimum Gasteiger partial charge on any atom is -0.487 e. The van der Waals surface area contributed by atoms with E-state index in [1.807, 2.05) is 25.1 Å². The van der Waals surface area contributed by atoms with E-state index in [0.717, 1.165) is 5.69 Å². The number of carbonyl (C=O) groups is 1. The summed E-state index contributed by atoms with van der Waals surface area (Å²) < 4.78 is 5.75. The Morgan fingerprint density at radius 1 is 1.35 bits per heavy atom. The Kier molecular flexibility index (Phi) is 3.33. The molecule has 0 spiro atoms. The highest BCUT2D eigenvalue weighted by molar-refractivity contribution is 5.97. The van der Waals surface area contributed by atoms with Gasteiger partial charge in [0.25, 0.3) is 5.91 Å². The molecule has 2 aromatic rings. The predicted molar refractivity (Wildman–Crippen MR) is 73.3 cm³/mol. The van der Waals surface area contributed by atoms with Gasteiger partial charge in [-0.1, -0.05) is 0 Å². The third kappa shape index (κ3) is 2.47. The Bertz CT molecular complexity index is 616. The minimum absolute atomic E-state index is 0.0229. The van der Waals surface area contributed by atoms with Gasteiger partial charge < -0.3 is 9.64 Å². The molecular weight excluding hydrogens is 254 g/mol. The third-order valence-electron chi connectivity index (χ3n) is 3.20. The van der Waals surface area contributed by atoms with Crippen molar-refractivity contribution in [2.75, 3.05) is 6.54 Å². The lowest BCUT2D eigenvalue weighted by Gasteiger charge is -2.21. The Hall–Kier alpha value is -2.43. The van der Waals surface area contributed by atoms with E-state index in [1.165, 1.54) is 0 Å². The van der Waals surface area contributed by atoms with Crippen molar-refractivity contribution in [2.24, 2.45) is 0 Å². The summed E-state index contributed by atoms with van der Waals surface area (Å²) in [6.07, 6.45) is 4.98. The first-order chi connectivity index (χ1) is 9.74. The zero-order valence-corrected chi connectivity index (χ0v) is 11.2. The maximum atomic E-state index is 12.2. The zero-order valence-electron chi connectivity index (χ0n) is 11.2. The Labute approximate surface area is 117 Å². The van der Waals surface area contributed by atoms with Crippen LogP contribution in [0.5, 0.6) is 5.75 Å². The first-order valence-corrected chi connectivity index (χ1v) is 6.54. The van der Waals surface area contributed by atoms with Crippen molar-refractivity contribution in [1.82, 2.24) is 14.9 Å². The summed E-state index contributed by atoms with van der Waals surface area (Å²) in [5, 5.41) is 0.